The fraction of sp³-hybridized carbons (Fsp3) is 0.818. The molecule has 0 bridgehead atoms. The number of aliphatic hydroxyl groups is 2. The fourth-order valence-electron chi connectivity index (χ4n) is 7.87. The van der Waals surface area contributed by atoms with Crippen LogP contribution in [-0.2, 0) is 18.7 Å². The largest absolute Gasteiger partial charge is 0.470 e. The van der Waals surface area contributed by atoms with Gasteiger partial charge in [0.15, 0.2) is 11.6 Å². The van der Waals surface area contributed by atoms with Gasteiger partial charge in [0, 0.05) is 11.8 Å². The molecule has 0 radical (unpaired) electrons. The van der Waals surface area contributed by atoms with Crippen molar-refractivity contribution in [1.82, 2.24) is 0 Å². The molecule has 4 aliphatic rings. The zero-order chi connectivity index (χ0) is 23.0. The summed E-state index contributed by atoms with van der Waals surface area (Å²) in [6.07, 6.45) is 4.55. The molecule has 0 aromatic rings. The lowest BCUT2D eigenvalue weighted by atomic mass is 9.45. The van der Waals surface area contributed by atoms with Crippen molar-refractivity contribution in [3.05, 3.63) is 11.6 Å². The number of carbonyl (C=O) groups is 2. The first-order valence-corrected chi connectivity index (χ1v) is 12.6. The molecule has 0 heterocycles. The Balaban J connectivity index is 1.68. The Morgan fingerprint density at radius 2 is 1.97 bits per heavy atom. The Labute approximate surface area is 182 Å². The normalized spacial score (nSPS) is 47.3. The van der Waals surface area contributed by atoms with E-state index in [4.69, 9.17) is 9.79 Å². The highest BCUT2D eigenvalue weighted by Crippen LogP contribution is 2.68. The average molecular weight is 456 g/mol. The summed E-state index contributed by atoms with van der Waals surface area (Å²) in [4.78, 5) is 43.0. The molecule has 1 unspecified atom stereocenters. The molecule has 0 spiro atoms. The van der Waals surface area contributed by atoms with Crippen LogP contribution in [0.3, 0.4) is 0 Å². The van der Waals surface area contributed by atoms with E-state index in [1.165, 1.54) is 0 Å². The van der Waals surface area contributed by atoms with Crippen LogP contribution in [0.1, 0.15) is 59.3 Å². The fourth-order valence-corrected chi connectivity index (χ4v) is 8.15. The van der Waals surface area contributed by atoms with Crippen molar-refractivity contribution in [2.24, 2.45) is 34.5 Å². The van der Waals surface area contributed by atoms with Gasteiger partial charge in [-0.3, -0.25) is 14.1 Å². The van der Waals surface area contributed by atoms with E-state index < -0.39 is 43.3 Å². The zero-order valence-electron chi connectivity index (χ0n) is 18.3. The van der Waals surface area contributed by atoms with Crippen LogP contribution in [0.5, 0.6) is 0 Å². The van der Waals surface area contributed by atoms with E-state index in [0.29, 0.717) is 19.3 Å². The van der Waals surface area contributed by atoms with E-state index in [9.17, 15) is 24.4 Å². The second-order valence-electron chi connectivity index (χ2n) is 10.7. The quantitative estimate of drug-likeness (QED) is 0.472. The Bertz CT molecular complexity index is 879. The topological polar surface area (TPSA) is 141 Å². The lowest BCUT2D eigenvalue weighted by molar-refractivity contribution is -0.186. The summed E-state index contributed by atoms with van der Waals surface area (Å²) in [6, 6.07) is 0. The monoisotopic (exact) mass is 456 g/mol. The van der Waals surface area contributed by atoms with Gasteiger partial charge in [-0.1, -0.05) is 26.3 Å². The number of rotatable bonds is 4. The van der Waals surface area contributed by atoms with Crippen molar-refractivity contribution in [1.29, 1.82) is 0 Å². The van der Waals surface area contributed by atoms with Crippen LogP contribution in [0.15, 0.2) is 11.6 Å². The molecule has 0 aromatic heterocycles. The number of hydrogen-bond donors (Lipinski definition) is 4. The predicted octanol–water partition coefficient (Wildman–Crippen LogP) is 2.14. The smallest absolute Gasteiger partial charge is 0.393 e. The van der Waals surface area contributed by atoms with Gasteiger partial charge in [-0.25, -0.2) is 4.57 Å². The van der Waals surface area contributed by atoms with Gasteiger partial charge in [-0.15, -0.1) is 0 Å². The van der Waals surface area contributed by atoms with Crippen LogP contribution in [0.2, 0.25) is 0 Å². The maximum Gasteiger partial charge on any atom is 0.470 e. The van der Waals surface area contributed by atoms with Crippen LogP contribution < -0.4 is 0 Å². The van der Waals surface area contributed by atoms with E-state index in [0.717, 1.165) is 18.4 Å². The van der Waals surface area contributed by atoms with Crippen LogP contribution in [0.25, 0.3) is 0 Å². The second kappa shape index (κ2) is 7.31. The lowest BCUT2D eigenvalue weighted by Crippen LogP contribution is -2.63. The van der Waals surface area contributed by atoms with E-state index in [1.807, 2.05) is 6.92 Å². The summed E-state index contributed by atoms with van der Waals surface area (Å²) >= 11 is 0. The number of ketones is 2. The molecule has 174 valence electrons. The van der Waals surface area contributed by atoms with Gasteiger partial charge in [0.2, 0.25) is 0 Å². The SMILES string of the molecule is CC1C[C@H]2[C@@H]3CCC4=CC(=O)CC[C@]4(C)[C@H]3[C@@H](O)C[C@]2(C)[C@@]1(O)C(=O)COP(=O)(O)O. The summed E-state index contributed by atoms with van der Waals surface area (Å²) < 4.78 is 15.5. The van der Waals surface area contributed by atoms with Gasteiger partial charge < -0.3 is 20.0 Å². The molecule has 31 heavy (non-hydrogen) atoms. The van der Waals surface area contributed by atoms with Crippen LogP contribution in [0, 0.1) is 34.5 Å². The first-order chi connectivity index (χ1) is 14.2. The number of aliphatic hydroxyl groups excluding tert-OH is 1. The molecule has 9 heteroatoms. The Morgan fingerprint density at radius 3 is 2.61 bits per heavy atom. The number of phosphoric acid groups is 1. The molecule has 4 rings (SSSR count). The van der Waals surface area contributed by atoms with Crippen LogP contribution in [-0.4, -0.2) is 49.9 Å². The molecule has 3 saturated carbocycles. The van der Waals surface area contributed by atoms with Gasteiger partial charge in [0.25, 0.3) is 0 Å². The van der Waals surface area contributed by atoms with E-state index in [-0.39, 0.29) is 35.4 Å². The highest BCUT2D eigenvalue weighted by Gasteiger charge is 2.70. The molecular weight excluding hydrogens is 423 g/mol. The summed E-state index contributed by atoms with van der Waals surface area (Å²) in [6.45, 7) is 4.88. The maximum absolute atomic E-state index is 13.0. The molecular formula is C22H33O8P. The minimum atomic E-state index is -4.85. The summed E-state index contributed by atoms with van der Waals surface area (Å²) in [5.41, 5.74) is -1.92. The van der Waals surface area contributed by atoms with E-state index in [2.05, 4.69) is 11.4 Å². The molecule has 0 saturated heterocycles. The minimum Gasteiger partial charge on any atom is -0.393 e. The Hall–Kier alpha value is -0.890. The Morgan fingerprint density at radius 1 is 1.29 bits per heavy atom. The standard InChI is InChI=1S/C22H33O8P/c1-12-8-16-15-5-4-13-9-14(23)6-7-20(13,2)19(15)17(24)10-21(16,3)22(12,26)18(25)11-30-31(27,28)29/h9,12,15-17,19,24,26H,4-8,10-11H2,1-3H3,(H2,27,28,29)/t12?,15-,16-,17-,19+,20-,21-,22-/m0/s1. The molecule has 4 N–H and O–H groups in total. The van der Waals surface area contributed by atoms with Crippen molar-refractivity contribution < 1.29 is 38.7 Å². The third-order valence-electron chi connectivity index (χ3n) is 9.27. The predicted molar refractivity (Wildman–Crippen MR) is 111 cm³/mol. The number of fused-ring (bicyclic) bond motifs is 5. The molecule has 4 aliphatic carbocycles. The van der Waals surface area contributed by atoms with E-state index >= 15 is 0 Å². The number of allylic oxidation sites excluding steroid dienone is 1. The van der Waals surface area contributed by atoms with Gasteiger partial charge in [0.1, 0.15) is 12.2 Å². The first-order valence-electron chi connectivity index (χ1n) is 11.1. The average Bonchev–Trinajstić information content (AvgIpc) is 2.87. The van der Waals surface area contributed by atoms with Gasteiger partial charge in [-0.2, -0.15) is 0 Å². The highest BCUT2D eigenvalue weighted by molar-refractivity contribution is 7.46. The third kappa shape index (κ3) is 3.33. The zero-order valence-corrected chi connectivity index (χ0v) is 19.2. The van der Waals surface area contributed by atoms with Crippen molar-refractivity contribution >= 4 is 19.4 Å². The lowest BCUT2D eigenvalue weighted by Gasteiger charge is -2.60. The third-order valence-corrected chi connectivity index (χ3v) is 9.73. The second-order valence-corrected chi connectivity index (χ2v) is 11.9. The highest BCUT2D eigenvalue weighted by atomic mass is 31.2. The summed E-state index contributed by atoms with van der Waals surface area (Å²) in [5.74, 6) is -1.01. The number of phosphoric ester groups is 1. The van der Waals surface area contributed by atoms with Crippen molar-refractivity contribution in [2.45, 2.75) is 71.0 Å². The van der Waals surface area contributed by atoms with Gasteiger partial charge >= 0.3 is 7.82 Å². The van der Waals surface area contributed by atoms with Crippen LogP contribution in [0.4, 0.5) is 0 Å². The molecule has 3 fully saturated rings. The molecule has 8 atom stereocenters. The van der Waals surface area contributed by atoms with E-state index in [1.54, 1.807) is 13.0 Å². The summed E-state index contributed by atoms with van der Waals surface area (Å²) in [7, 11) is -4.85. The van der Waals surface area contributed by atoms with Crippen molar-refractivity contribution in [2.75, 3.05) is 6.61 Å². The molecule has 0 aliphatic heterocycles. The summed E-state index contributed by atoms with van der Waals surface area (Å²) in [5, 5.41) is 23.0. The molecule has 0 aromatic carbocycles. The number of hydrogen-bond acceptors (Lipinski definition) is 6. The Kier molecular flexibility index (Phi) is 5.49. The minimum absolute atomic E-state index is 0.0177. The molecule has 0 amide bonds. The van der Waals surface area contributed by atoms with Crippen molar-refractivity contribution in [3.8, 4) is 0 Å². The van der Waals surface area contributed by atoms with Crippen molar-refractivity contribution in [3.63, 3.8) is 0 Å². The number of Topliss-reactive ketones (excluding diaryl/α,β-unsaturated/α-hetero) is 1. The number of carbonyl (C=O) groups excluding carboxylic acids is 2. The first kappa shape index (κ1) is 23.3. The van der Waals surface area contributed by atoms with Crippen LogP contribution >= 0.6 is 7.82 Å². The van der Waals surface area contributed by atoms with Gasteiger partial charge in [-0.05, 0) is 67.3 Å². The molecule has 8 nitrogen and oxygen atoms in total. The maximum atomic E-state index is 13.0. The van der Waals surface area contributed by atoms with Gasteiger partial charge in [0.05, 0.1) is 6.10 Å².